The third kappa shape index (κ3) is 9.09. The largest absolute Gasteiger partial charge is 0.489 e. The minimum Gasteiger partial charge on any atom is -0.489 e. The Morgan fingerprint density at radius 3 is 2.31 bits per heavy atom. The first-order valence-electron chi connectivity index (χ1n) is 24.1. The summed E-state index contributed by atoms with van der Waals surface area (Å²) in [7, 11) is 3.86. The number of carbonyl (C=O) groups is 2. The van der Waals surface area contributed by atoms with Gasteiger partial charge in [0.1, 0.15) is 29.4 Å². The average Bonchev–Trinajstić information content (AvgIpc) is 3.78. The number of nitriles is 1. The summed E-state index contributed by atoms with van der Waals surface area (Å²) >= 11 is 6.29. The third-order valence-electron chi connectivity index (χ3n) is 15.6. The molecule has 3 aromatic carbocycles. The molecule has 1 saturated carbocycles. The van der Waals surface area contributed by atoms with Gasteiger partial charge >= 0.3 is 0 Å². The molecular weight excluding hydrogens is 864 g/mol. The predicted molar refractivity (Wildman–Crippen MR) is 262 cm³/mol. The van der Waals surface area contributed by atoms with E-state index in [0.29, 0.717) is 47.0 Å². The van der Waals surface area contributed by atoms with Crippen molar-refractivity contribution >= 4 is 40.6 Å². The average molecular weight is 932 g/mol. The fourth-order valence-corrected chi connectivity index (χ4v) is 12.4. The van der Waals surface area contributed by atoms with Crippen molar-refractivity contribution in [2.75, 3.05) is 64.8 Å². The first kappa shape index (κ1) is 46.8. The van der Waals surface area contributed by atoms with Crippen LogP contribution in [0.3, 0.4) is 0 Å². The third-order valence-corrected chi connectivity index (χ3v) is 15.9. The van der Waals surface area contributed by atoms with Gasteiger partial charge in [0, 0.05) is 93.1 Å². The number of aliphatic hydroxyl groups is 1. The number of benzene rings is 3. The number of piperidine rings is 1. The van der Waals surface area contributed by atoms with Gasteiger partial charge in [0.05, 0.1) is 34.7 Å². The zero-order valence-corrected chi connectivity index (χ0v) is 41.1. The zero-order valence-electron chi connectivity index (χ0n) is 40.3. The molecule has 67 heavy (non-hydrogen) atoms. The lowest BCUT2D eigenvalue weighted by atomic mass is 9.49. The Labute approximate surface area is 401 Å². The van der Waals surface area contributed by atoms with Crippen LogP contribution in [-0.4, -0.2) is 116 Å². The van der Waals surface area contributed by atoms with Crippen LogP contribution < -0.4 is 25.0 Å². The number of rotatable bonds is 11. The number of ether oxygens (including phenoxy) is 2. The van der Waals surface area contributed by atoms with Crippen molar-refractivity contribution in [1.82, 2.24) is 25.3 Å². The van der Waals surface area contributed by atoms with Crippen LogP contribution in [0.15, 0.2) is 71.9 Å². The standard InChI is InChI=1S/C53H67ClN8O5/c1-51(2)48(52(3,4)49(51)67-39-13-9-34(26-55)43(54)25-39)58-46(63)35-27-57-50(60(8)30-35)61-21-18-32(19-22-61)23-33-28-62(29-33)37-11-14-38(15-12-37)66-44-16-10-36(53(5,6)65)24-41(44)42-31-59(7)47(64)45-40(42)17-20-56-45/h9-16,24-25,31-33,35,40,45,48-49,56,65H,17-23,27-30H2,1-8H3,(H,58,63). The van der Waals surface area contributed by atoms with E-state index in [-0.39, 0.29) is 52.7 Å². The van der Waals surface area contributed by atoms with Gasteiger partial charge < -0.3 is 44.8 Å². The van der Waals surface area contributed by atoms with E-state index in [1.165, 1.54) is 12.1 Å². The number of nitrogens with one attached hydrogen (secondary N) is 2. The van der Waals surface area contributed by atoms with E-state index < -0.39 is 5.60 Å². The summed E-state index contributed by atoms with van der Waals surface area (Å²) in [5.41, 5.74) is 2.67. The summed E-state index contributed by atoms with van der Waals surface area (Å²) in [6.07, 6.45) is 6.16. The Hall–Kier alpha value is -5.29. The maximum Gasteiger partial charge on any atom is 0.244 e. The molecule has 14 heteroatoms. The monoisotopic (exact) mass is 930 g/mol. The SMILES string of the molecule is CN1C=C(c2cc(C(C)(C)O)ccc2Oc2ccc(N3CC(CC4CCN(C5=NCC(C(=O)NC6C(C)(C)C(Oc7ccc(C#N)c(Cl)c7)C6(C)C)CN5C)CC4)C3)cc2)C2CCNC2C1=O. The molecule has 5 heterocycles. The topological polar surface area (TPSA) is 146 Å². The van der Waals surface area contributed by atoms with Crippen LogP contribution in [0.1, 0.15) is 83.9 Å². The Morgan fingerprint density at radius 2 is 1.66 bits per heavy atom. The summed E-state index contributed by atoms with van der Waals surface area (Å²) in [4.78, 5) is 40.4. The van der Waals surface area contributed by atoms with Crippen molar-refractivity contribution in [3.63, 3.8) is 0 Å². The molecule has 3 atom stereocenters. The molecule has 2 amide bonds. The van der Waals surface area contributed by atoms with Crippen LogP contribution in [0.25, 0.3) is 5.57 Å². The van der Waals surface area contributed by atoms with Gasteiger partial charge in [0.25, 0.3) is 0 Å². The normalized spacial score (nSPS) is 26.2. The highest BCUT2D eigenvalue weighted by atomic mass is 35.5. The van der Waals surface area contributed by atoms with Gasteiger partial charge in [-0.05, 0) is 118 Å². The van der Waals surface area contributed by atoms with Crippen molar-refractivity contribution in [3.8, 4) is 23.3 Å². The minimum atomic E-state index is -1.02. The van der Waals surface area contributed by atoms with Gasteiger partial charge in [0.2, 0.25) is 11.8 Å². The zero-order chi connectivity index (χ0) is 47.6. The van der Waals surface area contributed by atoms with Crippen LogP contribution in [0.4, 0.5) is 5.69 Å². The molecule has 356 valence electrons. The van der Waals surface area contributed by atoms with Crippen molar-refractivity contribution in [1.29, 1.82) is 5.26 Å². The number of carbonyl (C=O) groups excluding carboxylic acids is 2. The molecule has 6 aliphatic rings. The predicted octanol–water partition coefficient (Wildman–Crippen LogP) is 7.48. The van der Waals surface area contributed by atoms with Gasteiger partial charge in [-0.1, -0.05) is 45.4 Å². The lowest BCUT2D eigenvalue weighted by Crippen LogP contribution is -2.75. The van der Waals surface area contributed by atoms with Crippen LogP contribution in [0.2, 0.25) is 5.02 Å². The fourth-order valence-electron chi connectivity index (χ4n) is 12.1. The highest BCUT2D eigenvalue weighted by Gasteiger charge is 2.64. The Morgan fingerprint density at radius 1 is 0.955 bits per heavy atom. The number of nitrogens with zero attached hydrogens (tertiary/aromatic N) is 6. The number of hydrogen-bond donors (Lipinski definition) is 3. The van der Waals surface area contributed by atoms with E-state index in [0.717, 1.165) is 80.4 Å². The van der Waals surface area contributed by atoms with Gasteiger partial charge in [-0.25, -0.2) is 0 Å². The Balaban J connectivity index is 0.736. The molecule has 0 spiro atoms. The maximum atomic E-state index is 13.8. The molecule has 1 aliphatic carbocycles. The van der Waals surface area contributed by atoms with E-state index in [1.54, 1.807) is 44.0 Å². The van der Waals surface area contributed by atoms with Gasteiger partial charge in [0.15, 0.2) is 5.96 Å². The number of fused-ring (bicyclic) bond motifs is 1. The molecular formula is C53H67ClN8O5. The first-order valence-corrected chi connectivity index (χ1v) is 24.5. The van der Waals surface area contributed by atoms with Crippen LogP contribution in [0.5, 0.6) is 17.2 Å². The lowest BCUT2D eigenvalue weighted by molar-refractivity contribution is -0.174. The molecule has 4 fully saturated rings. The van der Waals surface area contributed by atoms with E-state index >= 15 is 0 Å². The van der Waals surface area contributed by atoms with E-state index in [4.69, 9.17) is 26.1 Å². The number of hydrogen-bond acceptors (Lipinski definition) is 11. The second-order valence-corrected chi connectivity index (χ2v) is 22.1. The number of anilines is 1. The van der Waals surface area contributed by atoms with Gasteiger partial charge in [-0.3, -0.25) is 14.6 Å². The molecule has 5 aliphatic heterocycles. The second-order valence-electron chi connectivity index (χ2n) is 21.7. The number of likely N-dealkylation sites (tertiary alicyclic amines) is 1. The minimum absolute atomic E-state index is 0.0303. The number of amides is 2. The quantitative estimate of drug-likeness (QED) is 0.177. The summed E-state index contributed by atoms with van der Waals surface area (Å²) in [5.74, 6) is 4.34. The van der Waals surface area contributed by atoms with E-state index in [2.05, 4.69) is 78.3 Å². The smallest absolute Gasteiger partial charge is 0.244 e. The van der Waals surface area contributed by atoms with Crippen LogP contribution in [0, 0.1) is 45.8 Å². The first-order chi connectivity index (χ1) is 31.8. The van der Waals surface area contributed by atoms with E-state index in [1.807, 2.05) is 36.5 Å². The number of halogens is 1. The van der Waals surface area contributed by atoms with Gasteiger partial charge in [-0.15, -0.1) is 0 Å². The highest BCUT2D eigenvalue weighted by molar-refractivity contribution is 6.31. The Bertz CT molecular complexity index is 2460. The summed E-state index contributed by atoms with van der Waals surface area (Å²) in [6, 6.07) is 21.1. The summed E-state index contributed by atoms with van der Waals surface area (Å²) < 4.78 is 13.0. The summed E-state index contributed by atoms with van der Waals surface area (Å²) in [5, 5.41) is 27.3. The second kappa shape index (κ2) is 18.0. The molecule has 3 unspecified atom stereocenters. The van der Waals surface area contributed by atoms with Crippen molar-refractivity contribution in [2.45, 2.75) is 91.0 Å². The molecule has 3 N–H and O–H groups in total. The van der Waals surface area contributed by atoms with E-state index in [9.17, 15) is 20.0 Å². The summed E-state index contributed by atoms with van der Waals surface area (Å²) in [6.45, 7) is 18.0. The van der Waals surface area contributed by atoms with Gasteiger partial charge in [-0.2, -0.15) is 5.26 Å². The highest BCUT2D eigenvalue weighted by Crippen LogP contribution is 2.56. The lowest BCUT2D eigenvalue weighted by Gasteiger charge is -2.63. The molecule has 0 aromatic heterocycles. The van der Waals surface area contributed by atoms with Crippen molar-refractivity contribution < 1.29 is 24.2 Å². The van der Waals surface area contributed by atoms with Crippen molar-refractivity contribution in [3.05, 3.63) is 88.6 Å². The molecule has 13 nitrogen and oxygen atoms in total. The fraction of sp³-hybridized carbons (Fsp3) is 0.547. The van der Waals surface area contributed by atoms with Crippen LogP contribution >= 0.6 is 11.6 Å². The molecule has 9 rings (SSSR count). The molecule has 0 radical (unpaired) electrons. The van der Waals surface area contributed by atoms with Crippen LogP contribution in [-0.2, 0) is 15.2 Å². The van der Waals surface area contributed by atoms with Crippen molar-refractivity contribution in [2.24, 2.45) is 39.5 Å². The number of guanidine groups is 1. The molecule has 3 saturated heterocycles. The maximum absolute atomic E-state index is 13.8. The molecule has 3 aromatic rings. The Kier molecular flexibility index (Phi) is 12.6. The number of likely N-dealkylation sites (N-methyl/N-ethyl adjacent to an activating group) is 1. The number of aliphatic imine (C=N–C) groups is 1. The molecule has 0 bridgehead atoms.